The Labute approximate surface area is 216 Å². The summed E-state index contributed by atoms with van der Waals surface area (Å²) < 4.78 is 17.1. The molecule has 0 bridgehead atoms. The molecular formula is C28H40BN3O4. The second-order valence-electron chi connectivity index (χ2n) is 9.39. The lowest BCUT2D eigenvalue weighted by Crippen LogP contribution is -2.46. The van der Waals surface area contributed by atoms with Crippen LogP contribution in [0, 0.1) is 0 Å². The molecular weight excluding hydrogens is 453 g/mol. The van der Waals surface area contributed by atoms with Gasteiger partial charge in [0.1, 0.15) is 11.9 Å². The maximum Gasteiger partial charge on any atom is 0.414 e. The van der Waals surface area contributed by atoms with Gasteiger partial charge in [-0.2, -0.15) is 0 Å². The lowest BCUT2D eigenvalue weighted by Gasteiger charge is -2.36. The molecule has 0 aliphatic carbocycles. The van der Waals surface area contributed by atoms with Gasteiger partial charge < -0.3 is 19.0 Å². The number of piperazine rings is 1. The van der Waals surface area contributed by atoms with Crippen molar-refractivity contribution in [3.8, 4) is 5.75 Å². The van der Waals surface area contributed by atoms with Gasteiger partial charge in [-0.25, -0.2) is 4.79 Å². The largest absolute Gasteiger partial charge is 0.494 e. The van der Waals surface area contributed by atoms with Crippen molar-refractivity contribution in [2.45, 2.75) is 53.1 Å². The summed E-state index contributed by atoms with van der Waals surface area (Å²) in [6, 6.07) is 14.6. The summed E-state index contributed by atoms with van der Waals surface area (Å²) in [6.07, 6.45) is 1.62. The van der Waals surface area contributed by atoms with Gasteiger partial charge in [0.25, 0.3) is 0 Å². The predicted octanol–water partition coefficient (Wildman–Crippen LogP) is 4.40. The third kappa shape index (κ3) is 6.16. The van der Waals surface area contributed by atoms with E-state index in [0.29, 0.717) is 13.2 Å². The number of carbonyl (C=O) groups is 1. The van der Waals surface area contributed by atoms with Crippen molar-refractivity contribution in [2.75, 3.05) is 55.7 Å². The minimum Gasteiger partial charge on any atom is -0.494 e. The Morgan fingerprint density at radius 1 is 1.03 bits per heavy atom. The van der Waals surface area contributed by atoms with Crippen molar-refractivity contribution in [3.63, 3.8) is 0 Å². The number of rotatable bonds is 8. The molecule has 1 atom stereocenters. The minimum absolute atomic E-state index is 0.00245. The van der Waals surface area contributed by atoms with Crippen molar-refractivity contribution < 1.29 is 18.9 Å². The Balaban J connectivity index is 0.00000148. The number of carbonyl (C=O) groups excluding carboxylic acids is 1. The standard InChI is InChI=1S/C26H34BN3O4.C2H6/c1-3-23-18-30(26(31)34-23)22-8-6-21(7-9-22)29-14-12-28(13-15-29)11-4-16-32-24-10-5-20-19-33-27(2)25(20)17-24;1-2/h5-10,17,23H,3-4,11-16,18-19H2,1-2H3;1-2H3. The first-order valence-electron chi connectivity index (χ1n) is 13.5. The third-order valence-corrected chi connectivity index (χ3v) is 7.16. The fraction of sp³-hybridized carbons (Fsp3) is 0.536. The molecule has 0 saturated carbocycles. The van der Waals surface area contributed by atoms with Crippen LogP contribution in [0.15, 0.2) is 42.5 Å². The number of anilines is 2. The molecule has 36 heavy (non-hydrogen) atoms. The molecule has 0 spiro atoms. The van der Waals surface area contributed by atoms with Crippen LogP contribution in [0.2, 0.25) is 6.82 Å². The van der Waals surface area contributed by atoms with Crippen LogP contribution in [-0.2, 0) is 16.0 Å². The molecule has 7 nitrogen and oxygen atoms in total. The Morgan fingerprint density at radius 2 is 1.75 bits per heavy atom. The van der Waals surface area contributed by atoms with Crippen LogP contribution >= 0.6 is 0 Å². The van der Waals surface area contributed by atoms with Crippen LogP contribution in [0.5, 0.6) is 5.75 Å². The third-order valence-electron chi connectivity index (χ3n) is 7.16. The van der Waals surface area contributed by atoms with Gasteiger partial charge in [0.15, 0.2) is 0 Å². The number of hydrogen-bond acceptors (Lipinski definition) is 6. The molecule has 3 heterocycles. The molecule has 194 valence electrons. The van der Waals surface area contributed by atoms with Gasteiger partial charge in [0, 0.05) is 44.1 Å². The topological polar surface area (TPSA) is 54.5 Å². The van der Waals surface area contributed by atoms with Crippen molar-refractivity contribution in [1.82, 2.24) is 4.90 Å². The van der Waals surface area contributed by atoms with Gasteiger partial charge in [-0.1, -0.05) is 33.7 Å². The van der Waals surface area contributed by atoms with Crippen LogP contribution in [0.1, 0.15) is 39.2 Å². The van der Waals surface area contributed by atoms with Crippen LogP contribution < -0.4 is 20.0 Å². The first-order chi connectivity index (χ1) is 17.6. The molecule has 2 aromatic carbocycles. The van der Waals surface area contributed by atoms with Gasteiger partial charge in [-0.3, -0.25) is 9.80 Å². The molecule has 0 radical (unpaired) electrons. The monoisotopic (exact) mass is 493 g/mol. The lowest BCUT2D eigenvalue weighted by molar-refractivity contribution is 0.139. The van der Waals surface area contributed by atoms with Crippen LogP contribution in [0.4, 0.5) is 16.2 Å². The second-order valence-corrected chi connectivity index (χ2v) is 9.39. The van der Waals surface area contributed by atoms with Gasteiger partial charge in [-0.05, 0) is 60.3 Å². The molecule has 0 N–H and O–H groups in total. The van der Waals surface area contributed by atoms with E-state index in [0.717, 1.165) is 63.6 Å². The highest BCUT2D eigenvalue weighted by molar-refractivity contribution is 6.67. The Morgan fingerprint density at radius 3 is 2.44 bits per heavy atom. The van der Waals surface area contributed by atoms with Gasteiger partial charge in [0.05, 0.1) is 19.8 Å². The molecule has 2 aromatic rings. The number of benzene rings is 2. The number of cyclic esters (lactones) is 1. The van der Waals surface area contributed by atoms with E-state index in [-0.39, 0.29) is 19.1 Å². The summed E-state index contributed by atoms with van der Waals surface area (Å²) in [5.41, 5.74) is 4.65. The number of fused-ring (bicyclic) bond motifs is 1. The number of nitrogens with zero attached hydrogens (tertiary/aromatic N) is 3. The average Bonchev–Trinajstić information content (AvgIpc) is 3.50. The Kier molecular flexibility index (Phi) is 9.16. The fourth-order valence-electron chi connectivity index (χ4n) is 4.97. The zero-order valence-electron chi connectivity index (χ0n) is 22.2. The van der Waals surface area contributed by atoms with E-state index in [1.165, 1.54) is 16.7 Å². The minimum atomic E-state index is -0.239. The Bertz CT molecular complexity index is 995. The average molecular weight is 493 g/mol. The van der Waals surface area contributed by atoms with E-state index in [1.807, 2.05) is 32.9 Å². The highest BCUT2D eigenvalue weighted by Crippen LogP contribution is 2.26. The van der Waals surface area contributed by atoms with E-state index >= 15 is 0 Å². The number of amides is 1. The quantitative estimate of drug-likeness (QED) is 0.402. The predicted molar refractivity (Wildman–Crippen MR) is 147 cm³/mol. The fourth-order valence-corrected chi connectivity index (χ4v) is 4.97. The highest BCUT2D eigenvalue weighted by atomic mass is 16.6. The molecule has 8 heteroatoms. The number of ether oxygens (including phenoxy) is 2. The summed E-state index contributed by atoms with van der Waals surface area (Å²) in [6.45, 7) is 15.5. The first kappa shape index (κ1) is 26.4. The Hall–Kier alpha value is -2.71. The first-order valence-corrected chi connectivity index (χ1v) is 13.5. The zero-order valence-corrected chi connectivity index (χ0v) is 22.2. The molecule has 3 aliphatic rings. The van der Waals surface area contributed by atoms with E-state index in [1.54, 1.807) is 4.90 Å². The summed E-state index contributed by atoms with van der Waals surface area (Å²) in [5, 5.41) is 0. The smallest absolute Gasteiger partial charge is 0.414 e. The van der Waals surface area contributed by atoms with Gasteiger partial charge >= 0.3 is 13.0 Å². The number of hydrogen-bond donors (Lipinski definition) is 0. The zero-order chi connectivity index (χ0) is 25.5. The van der Waals surface area contributed by atoms with Crippen molar-refractivity contribution in [3.05, 3.63) is 48.0 Å². The van der Waals surface area contributed by atoms with E-state index in [9.17, 15) is 4.79 Å². The molecule has 0 aromatic heterocycles. The van der Waals surface area contributed by atoms with Gasteiger partial charge in [-0.15, -0.1) is 0 Å². The maximum absolute atomic E-state index is 12.1. The van der Waals surface area contributed by atoms with Crippen LogP contribution in [-0.4, -0.2) is 69.9 Å². The van der Waals surface area contributed by atoms with Crippen molar-refractivity contribution in [1.29, 1.82) is 0 Å². The molecule has 1 unspecified atom stereocenters. The lowest BCUT2D eigenvalue weighted by atomic mass is 9.64. The molecule has 1 amide bonds. The highest BCUT2D eigenvalue weighted by Gasteiger charge is 2.31. The molecule has 5 rings (SSSR count). The normalized spacial score (nSPS) is 19.6. The molecule has 3 aliphatic heterocycles. The van der Waals surface area contributed by atoms with Crippen LogP contribution in [0.25, 0.3) is 0 Å². The summed E-state index contributed by atoms with van der Waals surface area (Å²) in [4.78, 5) is 18.7. The van der Waals surface area contributed by atoms with Gasteiger partial charge in [0.2, 0.25) is 0 Å². The second kappa shape index (κ2) is 12.5. The van der Waals surface area contributed by atoms with E-state index in [4.69, 9.17) is 14.1 Å². The van der Waals surface area contributed by atoms with Crippen LogP contribution in [0.3, 0.4) is 0 Å². The van der Waals surface area contributed by atoms with E-state index in [2.05, 4.69) is 47.0 Å². The summed E-state index contributed by atoms with van der Waals surface area (Å²) in [5.74, 6) is 0.941. The SMILES string of the molecule is CC.CCC1CN(c2ccc(N3CCN(CCCOc4ccc5c(c4)B(C)OC5)CC3)cc2)C(=O)O1. The van der Waals surface area contributed by atoms with Crippen molar-refractivity contribution >= 4 is 29.8 Å². The molecule has 2 saturated heterocycles. The summed E-state index contributed by atoms with van der Waals surface area (Å²) >= 11 is 0. The van der Waals surface area contributed by atoms with Crippen molar-refractivity contribution in [2.24, 2.45) is 0 Å². The summed E-state index contributed by atoms with van der Waals surface area (Å²) in [7, 11) is 0. The van der Waals surface area contributed by atoms with E-state index < -0.39 is 0 Å². The molecule has 2 fully saturated rings. The maximum atomic E-state index is 12.1.